The molecule has 6 heteroatoms. The standard InChI is InChI=1S/C13H17NO5/c1-18-11-8-19-10(7-9(11)15)12(16)14-6-5-13(17)3-2-4-13/h7-8,17H,2-6H2,1H3,(H,14,16). The van der Waals surface area contributed by atoms with E-state index in [0.29, 0.717) is 13.0 Å². The predicted octanol–water partition coefficient (Wildman–Crippen LogP) is 0.683. The Kier molecular flexibility index (Phi) is 3.90. The number of carbonyl (C=O) groups excluding carboxylic acids is 1. The zero-order valence-corrected chi connectivity index (χ0v) is 10.8. The van der Waals surface area contributed by atoms with Gasteiger partial charge in [-0.2, -0.15) is 0 Å². The van der Waals surface area contributed by atoms with Crippen molar-refractivity contribution in [3.63, 3.8) is 0 Å². The molecule has 19 heavy (non-hydrogen) atoms. The summed E-state index contributed by atoms with van der Waals surface area (Å²) in [6.07, 6.45) is 4.20. The molecule has 1 fully saturated rings. The first-order chi connectivity index (χ1) is 9.04. The maximum absolute atomic E-state index is 11.7. The highest BCUT2D eigenvalue weighted by atomic mass is 16.5. The molecule has 0 radical (unpaired) electrons. The van der Waals surface area contributed by atoms with E-state index < -0.39 is 16.9 Å². The molecule has 1 aliphatic rings. The van der Waals surface area contributed by atoms with Crippen LogP contribution in [0.25, 0.3) is 0 Å². The summed E-state index contributed by atoms with van der Waals surface area (Å²) >= 11 is 0. The van der Waals surface area contributed by atoms with Gasteiger partial charge in [0.25, 0.3) is 5.91 Å². The first-order valence-electron chi connectivity index (χ1n) is 6.21. The fraction of sp³-hybridized carbons (Fsp3) is 0.538. The number of hydrogen-bond acceptors (Lipinski definition) is 5. The Morgan fingerprint density at radius 1 is 1.58 bits per heavy atom. The molecule has 1 amide bonds. The lowest BCUT2D eigenvalue weighted by Crippen LogP contribution is -2.40. The van der Waals surface area contributed by atoms with Crippen molar-refractivity contribution in [2.75, 3.05) is 13.7 Å². The molecular weight excluding hydrogens is 250 g/mol. The smallest absolute Gasteiger partial charge is 0.287 e. The van der Waals surface area contributed by atoms with Crippen LogP contribution in [0, 0.1) is 0 Å². The van der Waals surface area contributed by atoms with Crippen LogP contribution in [0.15, 0.2) is 21.5 Å². The Bertz CT molecular complexity index is 518. The highest BCUT2D eigenvalue weighted by molar-refractivity contribution is 5.91. The van der Waals surface area contributed by atoms with Gasteiger partial charge in [-0.3, -0.25) is 9.59 Å². The zero-order chi connectivity index (χ0) is 13.9. The quantitative estimate of drug-likeness (QED) is 0.819. The minimum atomic E-state index is -0.631. The van der Waals surface area contributed by atoms with Crippen LogP contribution < -0.4 is 15.5 Å². The highest BCUT2D eigenvalue weighted by Crippen LogP contribution is 2.34. The first-order valence-corrected chi connectivity index (χ1v) is 6.21. The number of rotatable bonds is 5. The minimum absolute atomic E-state index is 0.0559. The van der Waals surface area contributed by atoms with E-state index in [4.69, 9.17) is 9.15 Å². The molecule has 1 aromatic rings. The van der Waals surface area contributed by atoms with Gasteiger partial charge in [0.1, 0.15) is 6.26 Å². The Balaban J connectivity index is 1.89. The van der Waals surface area contributed by atoms with Crippen LogP contribution >= 0.6 is 0 Å². The van der Waals surface area contributed by atoms with Gasteiger partial charge in [-0.25, -0.2) is 0 Å². The van der Waals surface area contributed by atoms with E-state index in [1.54, 1.807) is 0 Å². The lowest BCUT2D eigenvalue weighted by Gasteiger charge is -2.36. The number of amides is 1. The molecule has 2 rings (SSSR count). The molecule has 6 nitrogen and oxygen atoms in total. The van der Waals surface area contributed by atoms with Gasteiger partial charge in [-0.15, -0.1) is 0 Å². The zero-order valence-electron chi connectivity index (χ0n) is 10.8. The fourth-order valence-electron chi connectivity index (χ4n) is 2.00. The van der Waals surface area contributed by atoms with Gasteiger partial charge in [-0.05, 0) is 25.7 Å². The molecule has 0 atom stereocenters. The summed E-state index contributed by atoms with van der Waals surface area (Å²) in [5.41, 5.74) is -1.04. The van der Waals surface area contributed by atoms with Gasteiger partial charge in [-0.1, -0.05) is 0 Å². The number of ether oxygens (including phenoxy) is 1. The van der Waals surface area contributed by atoms with Gasteiger partial charge in [0.15, 0.2) is 5.76 Å². The average Bonchev–Trinajstić information content (AvgIpc) is 2.36. The molecule has 0 bridgehead atoms. The summed E-state index contributed by atoms with van der Waals surface area (Å²) in [7, 11) is 1.35. The maximum atomic E-state index is 11.7. The van der Waals surface area contributed by atoms with E-state index in [-0.39, 0.29) is 11.5 Å². The van der Waals surface area contributed by atoms with E-state index in [0.717, 1.165) is 31.6 Å². The maximum Gasteiger partial charge on any atom is 0.287 e. The molecular formula is C13H17NO5. The molecule has 0 unspecified atom stereocenters. The van der Waals surface area contributed by atoms with Crippen molar-refractivity contribution in [3.8, 4) is 5.75 Å². The molecule has 1 heterocycles. The van der Waals surface area contributed by atoms with Crippen LogP contribution in [0.4, 0.5) is 0 Å². The SMILES string of the molecule is COc1coc(C(=O)NCCC2(O)CCC2)cc1=O. The van der Waals surface area contributed by atoms with E-state index in [1.165, 1.54) is 7.11 Å². The van der Waals surface area contributed by atoms with Gasteiger partial charge in [0.2, 0.25) is 11.2 Å². The van der Waals surface area contributed by atoms with Crippen LogP contribution in [0.1, 0.15) is 36.2 Å². The third kappa shape index (κ3) is 3.14. The lowest BCUT2D eigenvalue weighted by molar-refractivity contribution is -0.0390. The van der Waals surface area contributed by atoms with E-state index >= 15 is 0 Å². The molecule has 0 spiro atoms. The molecule has 0 saturated heterocycles. The number of nitrogens with one attached hydrogen (secondary N) is 1. The van der Waals surface area contributed by atoms with E-state index in [2.05, 4.69) is 5.32 Å². The Morgan fingerprint density at radius 2 is 2.32 bits per heavy atom. The van der Waals surface area contributed by atoms with Gasteiger partial charge in [0.05, 0.1) is 12.7 Å². The molecule has 1 aliphatic carbocycles. The molecule has 0 aliphatic heterocycles. The average molecular weight is 267 g/mol. The van der Waals surface area contributed by atoms with Crippen molar-refractivity contribution in [1.82, 2.24) is 5.32 Å². The number of hydrogen-bond donors (Lipinski definition) is 2. The minimum Gasteiger partial charge on any atom is -0.490 e. The molecule has 104 valence electrons. The van der Waals surface area contributed by atoms with Gasteiger partial charge < -0.3 is 19.6 Å². The third-order valence-corrected chi connectivity index (χ3v) is 3.40. The van der Waals surface area contributed by atoms with E-state index in [1.807, 2.05) is 0 Å². The van der Waals surface area contributed by atoms with Crippen LogP contribution in [-0.2, 0) is 0 Å². The van der Waals surface area contributed by atoms with Gasteiger partial charge >= 0.3 is 0 Å². The number of methoxy groups -OCH3 is 1. The second-order valence-corrected chi connectivity index (χ2v) is 4.76. The number of aliphatic hydroxyl groups is 1. The summed E-state index contributed by atoms with van der Waals surface area (Å²) in [6.45, 7) is 0.352. The van der Waals surface area contributed by atoms with Crippen molar-refractivity contribution >= 4 is 5.91 Å². The predicted molar refractivity (Wildman–Crippen MR) is 67.3 cm³/mol. The van der Waals surface area contributed by atoms with Crippen molar-refractivity contribution in [2.45, 2.75) is 31.3 Å². The molecule has 0 aromatic carbocycles. The van der Waals surface area contributed by atoms with Crippen LogP contribution in [0.5, 0.6) is 5.75 Å². The van der Waals surface area contributed by atoms with Crippen molar-refractivity contribution in [1.29, 1.82) is 0 Å². The normalized spacial score (nSPS) is 16.5. The van der Waals surface area contributed by atoms with Crippen LogP contribution in [0.2, 0.25) is 0 Å². The molecule has 2 N–H and O–H groups in total. The molecule has 1 aromatic heterocycles. The summed E-state index contributed by atoms with van der Waals surface area (Å²) in [5, 5.41) is 12.5. The summed E-state index contributed by atoms with van der Waals surface area (Å²) < 4.78 is 9.77. The van der Waals surface area contributed by atoms with Crippen molar-refractivity contribution < 1.29 is 19.1 Å². The largest absolute Gasteiger partial charge is 0.490 e. The van der Waals surface area contributed by atoms with Crippen molar-refractivity contribution in [3.05, 3.63) is 28.3 Å². The lowest BCUT2D eigenvalue weighted by atomic mass is 9.78. The summed E-state index contributed by atoms with van der Waals surface area (Å²) in [6, 6.07) is 1.09. The van der Waals surface area contributed by atoms with Gasteiger partial charge in [0, 0.05) is 12.6 Å². The van der Waals surface area contributed by atoms with E-state index in [9.17, 15) is 14.7 Å². The Morgan fingerprint density at radius 3 is 2.84 bits per heavy atom. The van der Waals surface area contributed by atoms with Crippen molar-refractivity contribution in [2.24, 2.45) is 0 Å². The first kappa shape index (κ1) is 13.6. The Hall–Kier alpha value is -1.82. The third-order valence-electron chi connectivity index (χ3n) is 3.40. The van der Waals surface area contributed by atoms with Crippen LogP contribution in [-0.4, -0.2) is 30.3 Å². The summed E-state index contributed by atoms with van der Waals surface area (Å²) in [5.74, 6) is -0.477. The second-order valence-electron chi connectivity index (χ2n) is 4.76. The monoisotopic (exact) mass is 267 g/mol. The molecule has 1 saturated carbocycles. The Labute approximate surface area is 110 Å². The van der Waals surface area contributed by atoms with Crippen LogP contribution in [0.3, 0.4) is 0 Å². The second kappa shape index (κ2) is 5.44. The topological polar surface area (TPSA) is 88.8 Å². The summed E-state index contributed by atoms with van der Waals surface area (Å²) in [4.78, 5) is 23.2. The fourth-order valence-corrected chi connectivity index (χ4v) is 2.00. The number of carbonyl (C=O) groups is 1. The highest BCUT2D eigenvalue weighted by Gasteiger charge is 2.33.